The summed E-state index contributed by atoms with van der Waals surface area (Å²) in [5.41, 5.74) is 1.51. The highest BCUT2D eigenvalue weighted by atomic mass is 35.5. The Hall–Kier alpha value is -1.24. The van der Waals surface area contributed by atoms with Crippen LogP contribution in [-0.4, -0.2) is 19.1 Å². The Morgan fingerprint density at radius 1 is 1.38 bits per heavy atom. The van der Waals surface area contributed by atoms with Gasteiger partial charge < -0.3 is 10.6 Å². The number of nitrogens with zero attached hydrogens (tertiary/aromatic N) is 1. The summed E-state index contributed by atoms with van der Waals surface area (Å²) in [7, 11) is 0. The van der Waals surface area contributed by atoms with Crippen LogP contribution in [0.15, 0.2) is 18.2 Å². The van der Waals surface area contributed by atoms with Crippen molar-refractivity contribution in [1.82, 2.24) is 5.32 Å². The number of anilines is 1. The zero-order valence-electron chi connectivity index (χ0n) is 8.96. The summed E-state index contributed by atoms with van der Waals surface area (Å²) in [6.45, 7) is 2.07. The molecule has 0 spiro atoms. The number of hydrogen-bond acceptors (Lipinski definition) is 3. The summed E-state index contributed by atoms with van der Waals surface area (Å²) < 4.78 is 0. The third kappa shape index (κ3) is 2.66. The highest BCUT2D eigenvalue weighted by Crippen LogP contribution is 2.24. The number of halogens is 1. The van der Waals surface area contributed by atoms with Crippen LogP contribution in [0.25, 0.3) is 0 Å². The van der Waals surface area contributed by atoms with Crippen LogP contribution in [0.2, 0.25) is 5.02 Å². The Morgan fingerprint density at radius 3 is 2.81 bits per heavy atom. The van der Waals surface area contributed by atoms with Crippen molar-refractivity contribution < 1.29 is 0 Å². The second-order valence-electron chi connectivity index (χ2n) is 3.98. The molecule has 1 fully saturated rings. The Kier molecular flexibility index (Phi) is 3.66. The van der Waals surface area contributed by atoms with Crippen LogP contribution in [-0.2, 0) is 0 Å². The molecule has 0 aromatic heterocycles. The van der Waals surface area contributed by atoms with Crippen LogP contribution in [0.1, 0.15) is 18.4 Å². The molecule has 0 radical (unpaired) electrons. The maximum Gasteiger partial charge on any atom is 0.0992 e. The van der Waals surface area contributed by atoms with Gasteiger partial charge in [-0.1, -0.05) is 11.6 Å². The van der Waals surface area contributed by atoms with Gasteiger partial charge in [0.25, 0.3) is 0 Å². The summed E-state index contributed by atoms with van der Waals surface area (Å²) in [6, 6.07) is 7.88. The normalized spacial score (nSPS) is 16.8. The van der Waals surface area contributed by atoms with Crippen molar-refractivity contribution in [1.29, 1.82) is 5.26 Å². The van der Waals surface area contributed by atoms with Crippen molar-refractivity contribution in [2.24, 2.45) is 0 Å². The molecular formula is C12H14ClN3. The van der Waals surface area contributed by atoms with Crippen LogP contribution in [0, 0.1) is 11.3 Å². The lowest BCUT2D eigenvalue weighted by molar-refractivity contribution is 0.479. The van der Waals surface area contributed by atoms with Gasteiger partial charge in [-0.25, -0.2) is 0 Å². The highest BCUT2D eigenvalue weighted by Gasteiger charge is 2.13. The fourth-order valence-electron chi connectivity index (χ4n) is 1.89. The summed E-state index contributed by atoms with van der Waals surface area (Å²) in [5, 5.41) is 16.2. The number of piperidine rings is 1. The van der Waals surface area contributed by atoms with Gasteiger partial charge in [0.2, 0.25) is 0 Å². The number of hydrogen-bond donors (Lipinski definition) is 2. The molecule has 1 aromatic rings. The van der Waals surface area contributed by atoms with Crippen molar-refractivity contribution >= 4 is 17.3 Å². The number of nitriles is 1. The smallest absolute Gasteiger partial charge is 0.0992 e. The Labute approximate surface area is 100 Å². The molecule has 0 bridgehead atoms. The topological polar surface area (TPSA) is 47.9 Å². The number of rotatable bonds is 2. The van der Waals surface area contributed by atoms with E-state index in [0.717, 1.165) is 31.6 Å². The van der Waals surface area contributed by atoms with Crippen molar-refractivity contribution in [3.8, 4) is 6.07 Å². The zero-order chi connectivity index (χ0) is 11.4. The molecule has 0 atom stereocenters. The van der Waals surface area contributed by atoms with Crippen LogP contribution >= 0.6 is 11.6 Å². The number of nitrogens with one attached hydrogen (secondary N) is 2. The lowest BCUT2D eigenvalue weighted by Crippen LogP contribution is -2.35. The van der Waals surface area contributed by atoms with Gasteiger partial charge in [-0.2, -0.15) is 5.26 Å². The molecule has 1 aliphatic heterocycles. The second kappa shape index (κ2) is 5.20. The molecule has 0 amide bonds. The van der Waals surface area contributed by atoms with Gasteiger partial charge >= 0.3 is 0 Å². The quantitative estimate of drug-likeness (QED) is 0.828. The fourth-order valence-corrected chi connectivity index (χ4v) is 2.06. The van der Waals surface area contributed by atoms with Crippen molar-refractivity contribution in [2.75, 3.05) is 18.4 Å². The molecule has 16 heavy (non-hydrogen) atoms. The predicted molar refractivity (Wildman–Crippen MR) is 65.7 cm³/mol. The first-order chi connectivity index (χ1) is 7.79. The van der Waals surface area contributed by atoms with Crippen molar-refractivity contribution in [2.45, 2.75) is 18.9 Å². The van der Waals surface area contributed by atoms with Crippen LogP contribution in [0.5, 0.6) is 0 Å². The van der Waals surface area contributed by atoms with E-state index in [9.17, 15) is 0 Å². The first-order valence-electron chi connectivity index (χ1n) is 5.46. The summed E-state index contributed by atoms with van der Waals surface area (Å²) >= 11 is 6.08. The molecule has 1 aromatic carbocycles. The molecule has 2 N–H and O–H groups in total. The molecule has 1 saturated heterocycles. The molecule has 0 unspecified atom stereocenters. The molecule has 0 saturated carbocycles. The van der Waals surface area contributed by atoms with Crippen LogP contribution in [0.3, 0.4) is 0 Å². The molecule has 1 aliphatic rings. The number of benzene rings is 1. The summed E-state index contributed by atoms with van der Waals surface area (Å²) in [4.78, 5) is 0. The Balaban J connectivity index is 2.10. The first-order valence-corrected chi connectivity index (χ1v) is 5.84. The maximum atomic E-state index is 8.83. The van der Waals surface area contributed by atoms with Gasteiger partial charge in [0, 0.05) is 6.04 Å². The standard InChI is InChI=1S/C12H14ClN3/c13-11-2-1-9(8-14)7-12(11)16-10-3-5-15-6-4-10/h1-2,7,10,15-16H,3-6H2. The summed E-state index contributed by atoms with van der Waals surface area (Å²) in [5.74, 6) is 0. The maximum absolute atomic E-state index is 8.83. The Morgan fingerprint density at radius 2 is 2.12 bits per heavy atom. The van der Waals surface area contributed by atoms with E-state index in [0.29, 0.717) is 16.6 Å². The molecule has 0 aliphatic carbocycles. The third-order valence-corrected chi connectivity index (χ3v) is 3.12. The predicted octanol–water partition coefficient (Wildman–Crippen LogP) is 2.38. The average molecular weight is 236 g/mol. The molecular weight excluding hydrogens is 222 g/mol. The van der Waals surface area contributed by atoms with E-state index in [1.807, 2.05) is 6.07 Å². The van der Waals surface area contributed by atoms with Crippen molar-refractivity contribution in [3.05, 3.63) is 28.8 Å². The van der Waals surface area contributed by atoms with Gasteiger partial charge in [-0.3, -0.25) is 0 Å². The minimum atomic E-state index is 0.452. The van der Waals surface area contributed by atoms with E-state index >= 15 is 0 Å². The monoisotopic (exact) mass is 235 g/mol. The summed E-state index contributed by atoms with van der Waals surface area (Å²) in [6.07, 6.45) is 2.18. The SMILES string of the molecule is N#Cc1ccc(Cl)c(NC2CCNCC2)c1. The van der Waals surface area contributed by atoms with E-state index < -0.39 is 0 Å². The molecule has 2 rings (SSSR count). The average Bonchev–Trinajstić information content (AvgIpc) is 2.33. The zero-order valence-corrected chi connectivity index (χ0v) is 9.72. The Bertz CT molecular complexity index is 405. The van der Waals surface area contributed by atoms with Crippen molar-refractivity contribution in [3.63, 3.8) is 0 Å². The van der Waals surface area contributed by atoms with Crippen LogP contribution in [0.4, 0.5) is 5.69 Å². The lowest BCUT2D eigenvalue weighted by Gasteiger charge is -2.25. The van der Waals surface area contributed by atoms with Gasteiger partial charge in [-0.05, 0) is 44.1 Å². The fraction of sp³-hybridized carbons (Fsp3) is 0.417. The molecule has 3 nitrogen and oxygen atoms in total. The lowest BCUT2D eigenvalue weighted by atomic mass is 10.1. The van der Waals surface area contributed by atoms with E-state index in [1.54, 1.807) is 12.1 Å². The van der Waals surface area contributed by atoms with E-state index in [4.69, 9.17) is 16.9 Å². The van der Waals surface area contributed by atoms with Gasteiger partial charge in [0.1, 0.15) is 0 Å². The van der Waals surface area contributed by atoms with E-state index in [2.05, 4.69) is 16.7 Å². The second-order valence-corrected chi connectivity index (χ2v) is 4.38. The third-order valence-electron chi connectivity index (χ3n) is 2.79. The van der Waals surface area contributed by atoms with E-state index in [1.165, 1.54) is 0 Å². The van der Waals surface area contributed by atoms with Crippen LogP contribution < -0.4 is 10.6 Å². The minimum Gasteiger partial charge on any atom is -0.381 e. The first kappa shape index (κ1) is 11.3. The van der Waals surface area contributed by atoms with Gasteiger partial charge in [0.05, 0.1) is 22.3 Å². The molecule has 1 heterocycles. The molecule has 84 valence electrons. The largest absolute Gasteiger partial charge is 0.381 e. The van der Waals surface area contributed by atoms with Gasteiger partial charge in [-0.15, -0.1) is 0 Å². The molecule has 4 heteroatoms. The highest BCUT2D eigenvalue weighted by molar-refractivity contribution is 6.33. The van der Waals surface area contributed by atoms with E-state index in [-0.39, 0.29) is 0 Å². The minimum absolute atomic E-state index is 0.452. The van der Waals surface area contributed by atoms with Gasteiger partial charge in [0.15, 0.2) is 0 Å².